The highest BCUT2D eigenvalue weighted by Gasteiger charge is 2.23. The Bertz CT molecular complexity index is 510. The van der Waals surface area contributed by atoms with Crippen molar-refractivity contribution in [1.29, 1.82) is 0 Å². The minimum atomic E-state index is -0.410. The summed E-state index contributed by atoms with van der Waals surface area (Å²) in [6, 6.07) is 9.26. The van der Waals surface area contributed by atoms with Crippen LogP contribution in [-0.4, -0.2) is 17.3 Å². The van der Waals surface area contributed by atoms with E-state index in [0.717, 1.165) is 5.56 Å². The normalized spacial score (nSPS) is 14.6. The molecular formula is C14H19N3O2. The molecule has 0 fully saturated rings. The number of methoxy groups -OCH3 is 1. The van der Waals surface area contributed by atoms with Crippen LogP contribution in [0.3, 0.4) is 0 Å². The topological polar surface area (TPSA) is 74.2 Å². The van der Waals surface area contributed by atoms with Crippen molar-refractivity contribution in [2.45, 2.75) is 26.0 Å². The second-order valence-electron chi connectivity index (χ2n) is 4.78. The molecule has 2 aromatic rings. The molecule has 5 heteroatoms. The van der Waals surface area contributed by atoms with Crippen molar-refractivity contribution < 1.29 is 9.26 Å². The molecule has 0 aliphatic heterocycles. The maximum Gasteiger partial charge on any atom is 0.248 e. The van der Waals surface area contributed by atoms with Gasteiger partial charge in [-0.1, -0.05) is 49.3 Å². The van der Waals surface area contributed by atoms with E-state index in [2.05, 4.69) is 10.1 Å². The highest BCUT2D eigenvalue weighted by Crippen LogP contribution is 2.24. The third-order valence-corrected chi connectivity index (χ3v) is 3.00. The van der Waals surface area contributed by atoms with E-state index in [-0.39, 0.29) is 12.0 Å². The van der Waals surface area contributed by atoms with Crippen LogP contribution in [0.5, 0.6) is 0 Å². The molecular weight excluding hydrogens is 242 g/mol. The van der Waals surface area contributed by atoms with E-state index in [0.29, 0.717) is 11.7 Å². The molecule has 0 saturated heterocycles. The Balaban J connectivity index is 2.21. The van der Waals surface area contributed by atoms with Crippen LogP contribution >= 0.6 is 0 Å². The highest BCUT2D eigenvalue weighted by atomic mass is 16.5. The molecule has 1 heterocycles. The molecule has 1 unspecified atom stereocenters. The quantitative estimate of drug-likeness (QED) is 0.894. The number of hydrogen-bond donors (Lipinski definition) is 1. The largest absolute Gasteiger partial charge is 0.373 e. The number of nitrogens with zero attached hydrogens (tertiary/aromatic N) is 2. The summed E-state index contributed by atoms with van der Waals surface area (Å²) < 4.78 is 10.6. The standard InChI is InChI=1S/C14H19N3O2/c1-9(2)12(18-3)13-16-14(19-17-13)11(15)10-7-5-4-6-8-10/h4-9,11-12H,15H2,1-3H3/t11-,12?/m1/s1. The fourth-order valence-electron chi connectivity index (χ4n) is 1.97. The zero-order chi connectivity index (χ0) is 13.8. The van der Waals surface area contributed by atoms with Gasteiger partial charge in [0.1, 0.15) is 12.1 Å². The van der Waals surface area contributed by atoms with Crippen LogP contribution in [0.25, 0.3) is 0 Å². The van der Waals surface area contributed by atoms with Crippen LogP contribution in [0.1, 0.15) is 43.3 Å². The lowest BCUT2D eigenvalue weighted by molar-refractivity contribution is 0.0555. The Morgan fingerprint density at radius 1 is 1.21 bits per heavy atom. The number of nitrogens with two attached hydrogens (primary N) is 1. The summed E-state index contributed by atoms with van der Waals surface area (Å²) in [4.78, 5) is 4.35. The molecule has 2 rings (SSSR count). The van der Waals surface area contributed by atoms with Gasteiger partial charge in [-0.2, -0.15) is 4.98 Å². The minimum Gasteiger partial charge on any atom is -0.373 e. The first-order valence-corrected chi connectivity index (χ1v) is 6.30. The molecule has 2 atom stereocenters. The first kappa shape index (κ1) is 13.7. The van der Waals surface area contributed by atoms with Crippen molar-refractivity contribution >= 4 is 0 Å². The Labute approximate surface area is 112 Å². The van der Waals surface area contributed by atoms with Gasteiger partial charge in [0.25, 0.3) is 0 Å². The van der Waals surface area contributed by atoms with E-state index in [4.69, 9.17) is 15.0 Å². The lowest BCUT2D eigenvalue weighted by atomic mass is 10.1. The van der Waals surface area contributed by atoms with Crippen LogP contribution in [0.2, 0.25) is 0 Å². The van der Waals surface area contributed by atoms with Gasteiger partial charge in [0.05, 0.1) is 0 Å². The molecule has 0 spiro atoms. The Hall–Kier alpha value is -1.72. The third kappa shape index (κ3) is 3.00. The monoisotopic (exact) mass is 261 g/mol. The van der Waals surface area contributed by atoms with E-state index < -0.39 is 6.04 Å². The number of aromatic nitrogens is 2. The van der Waals surface area contributed by atoms with Crippen molar-refractivity contribution in [3.8, 4) is 0 Å². The average molecular weight is 261 g/mol. The first-order chi connectivity index (χ1) is 9.13. The maximum atomic E-state index is 6.11. The second kappa shape index (κ2) is 5.95. The van der Waals surface area contributed by atoms with E-state index in [1.807, 2.05) is 44.2 Å². The van der Waals surface area contributed by atoms with Gasteiger partial charge in [-0.05, 0) is 11.5 Å². The lowest BCUT2D eigenvalue weighted by Crippen LogP contribution is -2.14. The molecule has 0 radical (unpaired) electrons. The molecule has 0 aliphatic rings. The molecule has 0 saturated carbocycles. The van der Waals surface area contributed by atoms with Crippen LogP contribution in [0.15, 0.2) is 34.9 Å². The Morgan fingerprint density at radius 2 is 1.89 bits per heavy atom. The molecule has 102 valence electrons. The third-order valence-electron chi connectivity index (χ3n) is 3.00. The number of rotatable bonds is 5. The van der Waals surface area contributed by atoms with E-state index >= 15 is 0 Å². The van der Waals surface area contributed by atoms with Gasteiger partial charge in [-0.3, -0.25) is 0 Å². The van der Waals surface area contributed by atoms with Gasteiger partial charge < -0.3 is 15.0 Å². The summed E-state index contributed by atoms with van der Waals surface area (Å²) >= 11 is 0. The predicted molar refractivity (Wildman–Crippen MR) is 71.4 cm³/mol. The minimum absolute atomic E-state index is 0.180. The molecule has 1 aromatic carbocycles. The number of benzene rings is 1. The zero-order valence-electron chi connectivity index (χ0n) is 11.4. The summed E-state index contributed by atoms with van der Waals surface area (Å²) in [5.74, 6) is 1.21. The fourth-order valence-corrected chi connectivity index (χ4v) is 1.97. The first-order valence-electron chi connectivity index (χ1n) is 6.30. The van der Waals surface area contributed by atoms with Crippen molar-refractivity contribution in [3.05, 3.63) is 47.6 Å². The summed E-state index contributed by atoms with van der Waals surface area (Å²) in [5, 5.41) is 3.96. The SMILES string of the molecule is COC(c1noc([C@H](N)c2ccccc2)n1)C(C)C. The number of hydrogen-bond acceptors (Lipinski definition) is 5. The van der Waals surface area contributed by atoms with Crippen LogP contribution in [0.4, 0.5) is 0 Å². The van der Waals surface area contributed by atoms with Crippen LogP contribution < -0.4 is 5.73 Å². The number of ether oxygens (including phenoxy) is 1. The summed E-state index contributed by atoms with van der Waals surface area (Å²) in [5.41, 5.74) is 7.05. The summed E-state index contributed by atoms with van der Waals surface area (Å²) in [6.07, 6.45) is -0.180. The van der Waals surface area contributed by atoms with Gasteiger partial charge in [0.15, 0.2) is 0 Å². The van der Waals surface area contributed by atoms with Crippen LogP contribution in [0, 0.1) is 5.92 Å². The van der Waals surface area contributed by atoms with Crippen LogP contribution in [-0.2, 0) is 4.74 Å². The van der Waals surface area contributed by atoms with Crippen molar-refractivity contribution in [2.24, 2.45) is 11.7 Å². The summed E-state index contributed by atoms with van der Waals surface area (Å²) in [7, 11) is 1.64. The molecule has 0 amide bonds. The van der Waals surface area contributed by atoms with E-state index in [1.54, 1.807) is 7.11 Å². The Kier molecular flexibility index (Phi) is 4.29. The van der Waals surface area contributed by atoms with Gasteiger partial charge >= 0.3 is 0 Å². The van der Waals surface area contributed by atoms with Crippen molar-refractivity contribution in [2.75, 3.05) is 7.11 Å². The molecule has 0 aliphatic carbocycles. The molecule has 5 nitrogen and oxygen atoms in total. The van der Waals surface area contributed by atoms with Gasteiger partial charge in [0, 0.05) is 7.11 Å². The Morgan fingerprint density at radius 3 is 2.47 bits per heavy atom. The smallest absolute Gasteiger partial charge is 0.248 e. The van der Waals surface area contributed by atoms with Crippen molar-refractivity contribution in [1.82, 2.24) is 10.1 Å². The zero-order valence-corrected chi connectivity index (χ0v) is 11.4. The van der Waals surface area contributed by atoms with E-state index in [9.17, 15) is 0 Å². The van der Waals surface area contributed by atoms with Crippen molar-refractivity contribution in [3.63, 3.8) is 0 Å². The lowest BCUT2D eigenvalue weighted by Gasteiger charge is -2.14. The highest BCUT2D eigenvalue weighted by molar-refractivity contribution is 5.23. The van der Waals surface area contributed by atoms with Gasteiger partial charge in [0.2, 0.25) is 11.7 Å². The second-order valence-corrected chi connectivity index (χ2v) is 4.78. The molecule has 19 heavy (non-hydrogen) atoms. The fraction of sp³-hybridized carbons (Fsp3) is 0.429. The average Bonchev–Trinajstić information content (AvgIpc) is 2.89. The van der Waals surface area contributed by atoms with E-state index in [1.165, 1.54) is 0 Å². The molecule has 2 N–H and O–H groups in total. The van der Waals surface area contributed by atoms with Gasteiger partial charge in [-0.25, -0.2) is 0 Å². The summed E-state index contributed by atoms with van der Waals surface area (Å²) in [6.45, 7) is 4.09. The van der Waals surface area contributed by atoms with Gasteiger partial charge in [-0.15, -0.1) is 0 Å². The predicted octanol–water partition coefficient (Wildman–Crippen LogP) is 2.46. The molecule has 1 aromatic heterocycles. The maximum absolute atomic E-state index is 6.11. The molecule has 0 bridgehead atoms.